The van der Waals surface area contributed by atoms with Gasteiger partial charge in [-0.3, -0.25) is 4.90 Å². The van der Waals surface area contributed by atoms with Crippen LogP contribution in [0, 0.1) is 5.92 Å². The molecule has 3 nitrogen and oxygen atoms in total. The van der Waals surface area contributed by atoms with Gasteiger partial charge in [-0.1, -0.05) is 20.8 Å². The van der Waals surface area contributed by atoms with Gasteiger partial charge in [-0.05, 0) is 38.5 Å². The molecule has 0 atom stereocenters. The van der Waals surface area contributed by atoms with Crippen LogP contribution in [0.4, 0.5) is 0 Å². The topological polar surface area (TPSA) is 28.4 Å². The van der Waals surface area contributed by atoms with Gasteiger partial charge >= 0.3 is 0 Å². The van der Waals surface area contributed by atoms with Crippen LogP contribution in [0.15, 0.2) is 16.7 Å². The zero-order valence-electron chi connectivity index (χ0n) is 11.6. The average Bonchev–Trinajstić information content (AvgIpc) is 2.65. The standard InChI is InChI=1S/C14H26N2O/c1-5-7-16(4)11-14-13(6-8-17-14)10-15-9-12(2)3/h6,8,12,15H,5,7,9-11H2,1-4H3. The first-order chi connectivity index (χ1) is 8.13. The summed E-state index contributed by atoms with van der Waals surface area (Å²) in [7, 11) is 2.14. The molecule has 0 bridgehead atoms. The van der Waals surface area contributed by atoms with Crippen LogP contribution in [0.25, 0.3) is 0 Å². The highest BCUT2D eigenvalue weighted by Crippen LogP contribution is 2.12. The lowest BCUT2D eigenvalue weighted by molar-refractivity contribution is 0.293. The van der Waals surface area contributed by atoms with Gasteiger partial charge < -0.3 is 9.73 Å². The third kappa shape index (κ3) is 5.37. The van der Waals surface area contributed by atoms with Crippen molar-refractivity contribution in [2.75, 3.05) is 20.1 Å². The summed E-state index contributed by atoms with van der Waals surface area (Å²) in [6.45, 7) is 10.6. The van der Waals surface area contributed by atoms with Crippen LogP contribution >= 0.6 is 0 Å². The normalized spacial score (nSPS) is 11.6. The number of hydrogen-bond donors (Lipinski definition) is 1. The third-order valence-corrected chi connectivity index (χ3v) is 2.72. The van der Waals surface area contributed by atoms with E-state index in [-0.39, 0.29) is 0 Å². The van der Waals surface area contributed by atoms with Crippen LogP contribution in [0.5, 0.6) is 0 Å². The maximum Gasteiger partial charge on any atom is 0.122 e. The number of nitrogens with zero attached hydrogens (tertiary/aromatic N) is 1. The van der Waals surface area contributed by atoms with Crippen molar-refractivity contribution in [3.8, 4) is 0 Å². The van der Waals surface area contributed by atoms with Gasteiger partial charge in [0.25, 0.3) is 0 Å². The molecule has 0 aliphatic rings. The Kier molecular flexibility index (Phi) is 6.30. The van der Waals surface area contributed by atoms with E-state index in [2.05, 4.69) is 44.1 Å². The molecule has 98 valence electrons. The smallest absolute Gasteiger partial charge is 0.122 e. The zero-order valence-corrected chi connectivity index (χ0v) is 11.6. The lowest BCUT2D eigenvalue weighted by Gasteiger charge is -2.15. The molecular weight excluding hydrogens is 212 g/mol. The predicted octanol–water partition coefficient (Wildman–Crippen LogP) is 2.87. The molecule has 3 heteroatoms. The van der Waals surface area contributed by atoms with E-state index >= 15 is 0 Å². The molecule has 1 aromatic heterocycles. The van der Waals surface area contributed by atoms with Gasteiger partial charge in [-0.25, -0.2) is 0 Å². The maximum absolute atomic E-state index is 5.56. The monoisotopic (exact) mass is 238 g/mol. The van der Waals surface area contributed by atoms with Crippen molar-refractivity contribution in [2.45, 2.75) is 40.3 Å². The molecule has 0 aliphatic heterocycles. The first-order valence-electron chi connectivity index (χ1n) is 6.58. The fourth-order valence-corrected chi connectivity index (χ4v) is 1.86. The van der Waals surface area contributed by atoms with Crippen LogP contribution in [-0.2, 0) is 13.1 Å². The van der Waals surface area contributed by atoms with E-state index in [4.69, 9.17) is 4.42 Å². The summed E-state index contributed by atoms with van der Waals surface area (Å²) >= 11 is 0. The Balaban J connectivity index is 2.42. The second-order valence-corrected chi connectivity index (χ2v) is 5.13. The highest BCUT2D eigenvalue weighted by atomic mass is 16.3. The summed E-state index contributed by atoms with van der Waals surface area (Å²) in [4.78, 5) is 2.30. The third-order valence-electron chi connectivity index (χ3n) is 2.72. The van der Waals surface area contributed by atoms with Crippen LogP contribution in [0.1, 0.15) is 38.5 Å². The molecular formula is C14H26N2O. The lowest BCUT2D eigenvalue weighted by Crippen LogP contribution is -2.22. The minimum atomic E-state index is 0.688. The van der Waals surface area contributed by atoms with E-state index in [1.54, 1.807) is 6.26 Å². The highest BCUT2D eigenvalue weighted by molar-refractivity contribution is 5.16. The number of hydrogen-bond acceptors (Lipinski definition) is 3. The Labute approximate surface area is 105 Å². The van der Waals surface area contributed by atoms with E-state index in [0.717, 1.165) is 31.9 Å². The fraction of sp³-hybridized carbons (Fsp3) is 0.714. The highest BCUT2D eigenvalue weighted by Gasteiger charge is 2.08. The summed E-state index contributed by atoms with van der Waals surface area (Å²) in [6.07, 6.45) is 2.97. The van der Waals surface area contributed by atoms with Crippen molar-refractivity contribution in [1.29, 1.82) is 0 Å². The number of nitrogens with one attached hydrogen (secondary N) is 1. The first kappa shape index (κ1) is 14.3. The second kappa shape index (κ2) is 7.51. The van der Waals surface area contributed by atoms with Crippen LogP contribution in [0.3, 0.4) is 0 Å². The minimum Gasteiger partial charge on any atom is -0.468 e. The Hall–Kier alpha value is -0.800. The Morgan fingerprint density at radius 2 is 2.18 bits per heavy atom. The molecule has 1 rings (SSSR count). The van der Waals surface area contributed by atoms with Crippen molar-refractivity contribution < 1.29 is 4.42 Å². The molecule has 1 heterocycles. The molecule has 0 amide bonds. The zero-order chi connectivity index (χ0) is 12.7. The predicted molar refractivity (Wildman–Crippen MR) is 71.9 cm³/mol. The summed E-state index contributed by atoms with van der Waals surface area (Å²) in [6, 6.07) is 2.07. The van der Waals surface area contributed by atoms with Gasteiger partial charge in [-0.15, -0.1) is 0 Å². The van der Waals surface area contributed by atoms with Gasteiger partial charge in [-0.2, -0.15) is 0 Å². The molecule has 1 N–H and O–H groups in total. The molecule has 0 spiro atoms. The largest absolute Gasteiger partial charge is 0.468 e. The van der Waals surface area contributed by atoms with Crippen LogP contribution in [0.2, 0.25) is 0 Å². The molecule has 0 saturated carbocycles. The van der Waals surface area contributed by atoms with Gasteiger partial charge in [0.2, 0.25) is 0 Å². The van der Waals surface area contributed by atoms with Crippen molar-refractivity contribution >= 4 is 0 Å². The summed E-state index contributed by atoms with van der Waals surface area (Å²) < 4.78 is 5.56. The molecule has 0 aliphatic carbocycles. The lowest BCUT2D eigenvalue weighted by atomic mass is 10.2. The quantitative estimate of drug-likeness (QED) is 0.755. The molecule has 17 heavy (non-hydrogen) atoms. The van der Waals surface area contributed by atoms with Gasteiger partial charge in [0.15, 0.2) is 0 Å². The number of rotatable bonds is 8. The summed E-state index contributed by atoms with van der Waals surface area (Å²) in [5.41, 5.74) is 1.29. The summed E-state index contributed by atoms with van der Waals surface area (Å²) in [5, 5.41) is 3.45. The molecule has 1 aromatic rings. The van der Waals surface area contributed by atoms with E-state index in [1.165, 1.54) is 12.0 Å². The van der Waals surface area contributed by atoms with E-state index in [1.807, 2.05) is 0 Å². The van der Waals surface area contributed by atoms with Gasteiger partial charge in [0, 0.05) is 12.1 Å². The summed E-state index contributed by atoms with van der Waals surface area (Å²) in [5.74, 6) is 1.78. The van der Waals surface area contributed by atoms with Gasteiger partial charge in [0.1, 0.15) is 5.76 Å². The van der Waals surface area contributed by atoms with Crippen molar-refractivity contribution in [2.24, 2.45) is 5.92 Å². The molecule has 0 saturated heterocycles. The van der Waals surface area contributed by atoms with E-state index in [9.17, 15) is 0 Å². The fourth-order valence-electron chi connectivity index (χ4n) is 1.86. The Morgan fingerprint density at radius 1 is 1.41 bits per heavy atom. The van der Waals surface area contributed by atoms with E-state index in [0.29, 0.717) is 5.92 Å². The second-order valence-electron chi connectivity index (χ2n) is 5.13. The number of furan rings is 1. The Morgan fingerprint density at radius 3 is 2.82 bits per heavy atom. The molecule has 0 unspecified atom stereocenters. The van der Waals surface area contributed by atoms with E-state index < -0.39 is 0 Å². The van der Waals surface area contributed by atoms with Crippen LogP contribution < -0.4 is 5.32 Å². The first-order valence-corrected chi connectivity index (χ1v) is 6.58. The minimum absolute atomic E-state index is 0.688. The van der Waals surface area contributed by atoms with Crippen molar-refractivity contribution in [1.82, 2.24) is 10.2 Å². The SMILES string of the molecule is CCCN(C)Cc1occc1CNCC(C)C. The molecule has 0 fully saturated rings. The van der Waals surface area contributed by atoms with Crippen molar-refractivity contribution in [3.63, 3.8) is 0 Å². The molecule has 0 aromatic carbocycles. The van der Waals surface area contributed by atoms with Crippen molar-refractivity contribution in [3.05, 3.63) is 23.7 Å². The van der Waals surface area contributed by atoms with Crippen LogP contribution in [-0.4, -0.2) is 25.0 Å². The van der Waals surface area contributed by atoms with Gasteiger partial charge in [0.05, 0.1) is 12.8 Å². The average molecular weight is 238 g/mol. The molecule has 0 radical (unpaired) electrons. The Bertz CT molecular complexity index is 307. The maximum atomic E-state index is 5.56.